The van der Waals surface area contributed by atoms with Crippen molar-refractivity contribution in [3.8, 4) is 11.5 Å². The summed E-state index contributed by atoms with van der Waals surface area (Å²) in [6.07, 6.45) is 2.64. The molecule has 1 saturated heterocycles. The molecule has 0 saturated carbocycles. The van der Waals surface area contributed by atoms with E-state index in [4.69, 9.17) is 14.2 Å². The Labute approximate surface area is 140 Å². The van der Waals surface area contributed by atoms with Crippen molar-refractivity contribution < 1.29 is 19.0 Å². The lowest BCUT2D eigenvalue weighted by molar-refractivity contribution is -0.149. The Balaban J connectivity index is 1.64. The highest BCUT2D eigenvalue weighted by Crippen LogP contribution is 2.26. The molecular weight excluding hydrogens is 308 g/mol. The van der Waals surface area contributed by atoms with Gasteiger partial charge in [-0.25, -0.2) is 4.98 Å². The molecule has 0 bridgehead atoms. The molecule has 24 heavy (non-hydrogen) atoms. The Kier molecular flexibility index (Phi) is 5.08. The molecule has 0 atom stereocenters. The summed E-state index contributed by atoms with van der Waals surface area (Å²) in [4.78, 5) is 16.8. The summed E-state index contributed by atoms with van der Waals surface area (Å²) < 4.78 is 16.5. The largest absolute Gasteiger partial charge is 0.456 e. The smallest absolute Gasteiger partial charge is 0.257 e. The van der Waals surface area contributed by atoms with Crippen LogP contribution in [0.4, 0.5) is 5.82 Å². The van der Waals surface area contributed by atoms with Crippen LogP contribution in [0.25, 0.3) is 0 Å². The quantitative estimate of drug-likeness (QED) is 0.913. The molecule has 1 aliphatic heterocycles. The number of aromatic nitrogens is 1. The van der Waals surface area contributed by atoms with E-state index in [0.717, 1.165) is 5.75 Å². The van der Waals surface area contributed by atoms with Gasteiger partial charge in [-0.3, -0.25) is 4.79 Å². The van der Waals surface area contributed by atoms with Gasteiger partial charge in [-0.05, 0) is 24.3 Å². The van der Waals surface area contributed by atoms with Gasteiger partial charge in [-0.15, -0.1) is 0 Å². The Hall–Kier alpha value is -2.44. The molecule has 1 fully saturated rings. The molecule has 0 radical (unpaired) electrons. The third-order valence-corrected chi connectivity index (χ3v) is 4.06. The molecule has 3 rings (SSSR count). The third kappa shape index (κ3) is 3.72. The van der Waals surface area contributed by atoms with Gasteiger partial charge in [0.25, 0.3) is 5.91 Å². The molecular formula is C18H20N2O4. The normalized spacial score (nSPS) is 16.4. The monoisotopic (exact) mass is 328 g/mol. The van der Waals surface area contributed by atoms with Crippen LogP contribution in [0, 0.1) is 0 Å². The van der Waals surface area contributed by atoms with E-state index in [1.54, 1.807) is 25.4 Å². The number of carbonyl (C=O) groups is 1. The van der Waals surface area contributed by atoms with Crippen LogP contribution < -0.4 is 10.1 Å². The second kappa shape index (κ2) is 7.42. The summed E-state index contributed by atoms with van der Waals surface area (Å²) in [6.45, 7) is 1.02. The maximum atomic E-state index is 12.5. The van der Waals surface area contributed by atoms with Crippen LogP contribution in [0.1, 0.15) is 12.8 Å². The molecule has 1 aromatic heterocycles. The fourth-order valence-electron chi connectivity index (χ4n) is 2.59. The number of benzene rings is 1. The minimum atomic E-state index is -0.848. The molecule has 6 nitrogen and oxygen atoms in total. The number of nitrogens with zero attached hydrogens (tertiary/aromatic N) is 1. The van der Waals surface area contributed by atoms with Gasteiger partial charge in [0.2, 0.25) is 0 Å². The summed E-state index contributed by atoms with van der Waals surface area (Å²) in [5.74, 6) is 1.60. The van der Waals surface area contributed by atoms with E-state index in [1.807, 2.05) is 30.3 Å². The van der Waals surface area contributed by atoms with Crippen molar-refractivity contribution in [1.29, 1.82) is 0 Å². The van der Waals surface area contributed by atoms with Crippen molar-refractivity contribution in [2.75, 3.05) is 25.6 Å². The number of amides is 1. The van der Waals surface area contributed by atoms with E-state index in [9.17, 15) is 4.79 Å². The van der Waals surface area contributed by atoms with E-state index in [2.05, 4.69) is 10.3 Å². The fourth-order valence-corrected chi connectivity index (χ4v) is 2.59. The lowest BCUT2D eigenvalue weighted by atomic mass is 9.93. The Morgan fingerprint density at radius 1 is 1.12 bits per heavy atom. The van der Waals surface area contributed by atoms with Gasteiger partial charge in [-0.1, -0.05) is 18.2 Å². The predicted molar refractivity (Wildman–Crippen MR) is 89.2 cm³/mol. The molecule has 2 heterocycles. The van der Waals surface area contributed by atoms with Crippen LogP contribution in [0.5, 0.6) is 11.5 Å². The van der Waals surface area contributed by atoms with Gasteiger partial charge in [-0.2, -0.15) is 0 Å². The van der Waals surface area contributed by atoms with Gasteiger partial charge in [0, 0.05) is 33.2 Å². The van der Waals surface area contributed by atoms with Crippen molar-refractivity contribution in [2.45, 2.75) is 18.4 Å². The number of ether oxygens (including phenoxy) is 3. The van der Waals surface area contributed by atoms with Gasteiger partial charge >= 0.3 is 0 Å². The van der Waals surface area contributed by atoms with E-state index in [1.165, 1.54) is 0 Å². The first-order chi connectivity index (χ1) is 11.7. The van der Waals surface area contributed by atoms with Crippen molar-refractivity contribution in [1.82, 2.24) is 4.98 Å². The van der Waals surface area contributed by atoms with Crippen molar-refractivity contribution in [3.05, 3.63) is 48.7 Å². The average molecular weight is 328 g/mol. The molecule has 1 aliphatic rings. The van der Waals surface area contributed by atoms with Gasteiger partial charge in [0.1, 0.15) is 17.3 Å². The van der Waals surface area contributed by atoms with Crippen molar-refractivity contribution >= 4 is 11.7 Å². The molecule has 2 aromatic rings. The molecule has 0 aliphatic carbocycles. The first kappa shape index (κ1) is 16.4. The van der Waals surface area contributed by atoms with Gasteiger partial charge in [0.05, 0.1) is 6.20 Å². The highest BCUT2D eigenvalue weighted by atomic mass is 16.5. The Bertz CT molecular complexity index is 667. The second-order valence-corrected chi connectivity index (χ2v) is 5.56. The number of hydrogen-bond donors (Lipinski definition) is 1. The second-order valence-electron chi connectivity index (χ2n) is 5.56. The van der Waals surface area contributed by atoms with Crippen LogP contribution in [-0.2, 0) is 14.3 Å². The molecule has 6 heteroatoms. The number of anilines is 1. The highest BCUT2D eigenvalue weighted by molar-refractivity contribution is 5.96. The summed E-state index contributed by atoms with van der Waals surface area (Å²) in [5, 5.41) is 2.81. The summed E-state index contributed by atoms with van der Waals surface area (Å²) in [7, 11) is 1.55. The van der Waals surface area contributed by atoms with Gasteiger partial charge in [0.15, 0.2) is 5.60 Å². The van der Waals surface area contributed by atoms with Crippen LogP contribution in [0.2, 0.25) is 0 Å². The first-order valence-corrected chi connectivity index (χ1v) is 7.85. The lowest BCUT2D eigenvalue weighted by Gasteiger charge is -2.34. The van der Waals surface area contributed by atoms with E-state index >= 15 is 0 Å². The molecule has 0 unspecified atom stereocenters. The molecule has 0 spiro atoms. The Morgan fingerprint density at radius 3 is 2.50 bits per heavy atom. The van der Waals surface area contributed by atoms with Crippen LogP contribution in [0.3, 0.4) is 0 Å². The number of rotatable bonds is 5. The summed E-state index contributed by atoms with van der Waals surface area (Å²) >= 11 is 0. The van der Waals surface area contributed by atoms with Gasteiger partial charge < -0.3 is 19.5 Å². The number of methoxy groups -OCH3 is 1. The number of para-hydroxylation sites is 1. The average Bonchev–Trinajstić information content (AvgIpc) is 2.64. The molecule has 1 N–H and O–H groups in total. The van der Waals surface area contributed by atoms with Crippen LogP contribution >= 0.6 is 0 Å². The number of carbonyl (C=O) groups excluding carboxylic acids is 1. The molecule has 1 aromatic carbocycles. The minimum Gasteiger partial charge on any atom is -0.456 e. The zero-order chi connectivity index (χ0) is 16.8. The van der Waals surface area contributed by atoms with Crippen molar-refractivity contribution in [2.24, 2.45) is 0 Å². The summed E-state index contributed by atoms with van der Waals surface area (Å²) in [5.41, 5.74) is -0.848. The molecule has 126 valence electrons. The predicted octanol–water partition coefficient (Wildman–Crippen LogP) is 3.01. The maximum absolute atomic E-state index is 12.5. The topological polar surface area (TPSA) is 69.7 Å². The van der Waals surface area contributed by atoms with Crippen LogP contribution in [0.15, 0.2) is 48.7 Å². The number of hydrogen-bond acceptors (Lipinski definition) is 5. The standard InChI is InChI=1S/C18H20N2O4/c1-22-18(9-11-23-12-10-18)17(21)20-16-8-7-15(13-19-16)24-14-5-3-2-4-6-14/h2-8,13H,9-12H2,1H3,(H,19,20,21). The fraction of sp³-hybridized carbons (Fsp3) is 0.333. The Morgan fingerprint density at radius 2 is 1.88 bits per heavy atom. The molecule has 1 amide bonds. The first-order valence-electron chi connectivity index (χ1n) is 7.85. The van der Waals surface area contributed by atoms with Crippen molar-refractivity contribution in [3.63, 3.8) is 0 Å². The zero-order valence-corrected chi connectivity index (χ0v) is 13.5. The van der Waals surface area contributed by atoms with E-state index < -0.39 is 5.60 Å². The highest BCUT2D eigenvalue weighted by Gasteiger charge is 2.40. The maximum Gasteiger partial charge on any atom is 0.257 e. The third-order valence-electron chi connectivity index (χ3n) is 4.06. The van der Waals surface area contributed by atoms with Crippen LogP contribution in [-0.4, -0.2) is 36.8 Å². The lowest BCUT2D eigenvalue weighted by Crippen LogP contribution is -2.48. The van der Waals surface area contributed by atoms with E-state index in [0.29, 0.717) is 37.6 Å². The minimum absolute atomic E-state index is 0.197. The van der Waals surface area contributed by atoms with E-state index in [-0.39, 0.29) is 5.91 Å². The number of nitrogens with one attached hydrogen (secondary N) is 1. The zero-order valence-electron chi connectivity index (χ0n) is 13.5. The SMILES string of the molecule is COC1(C(=O)Nc2ccc(Oc3ccccc3)cn2)CCOCC1. The number of pyridine rings is 1. The summed E-state index contributed by atoms with van der Waals surface area (Å²) in [6, 6.07) is 12.9.